The lowest BCUT2D eigenvalue weighted by atomic mass is 10.3. The zero-order valence-corrected chi connectivity index (χ0v) is 13.4. The molecule has 0 bridgehead atoms. The Morgan fingerprint density at radius 1 is 1.27 bits per heavy atom. The van der Waals surface area contributed by atoms with Gasteiger partial charge in [-0.2, -0.15) is 5.26 Å². The summed E-state index contributed by atoms with van der Waals surface area (Å²) in [5.41, 5.74) is 0.774. The minimum Gasteiger partial charge on any atom is -0.268 e. The molecule has 3 aromatic rings. The maximum Gasteiger partial charge on any atom is 0.267 e. The minimum absolute atomic E-state index is 0.0415. The van der Waals surface area contributed by atoms with Gasteiger partial charge in [-0.1, -0.05) is 30.0 Å². The number of aromatic nitrogens is 2. The molecule has 0 aliphatic carbocycles. The average molecular weight is 327 g/mol. The fourth-order valence-electron chi connectivity index (χ4n) is 2.11. The maximum atomic E-state index is 12.8. The van der Waals surface area contributed by atoms with Gasteiger partial charge in [0.25, 0.3) is 5.56 Å². The van der Waals surface area contributed by atoms with E-state index in [1.807, 2.05) is 41.8 Å². The summed E-state index contributed by atoms with van der Waals surface area (Å²) in [5.74, 6) is 0.768. The van der Waals surface area contributed by atoms with E-state index < -0.39 is 0 Å². The molecule has 0 aliphatic rings. The predicted molar refractivity (Wildman–Crippen MR) is 90.8 cm³/mol. The van der Waals surface area contributed by atoms with E-state index in [9.17, 15) is 4.79 Å². The Hall–Kier alpha value is -2.10. The Morgan fingerprint density at radius 3 is 2.86 bits per heavy atom. The van der Waals surface area contributed by atoms with E-state index in [1.54, 1.807) is 4.57 Å². The van der Waals surface area contributed by atoms with Gasteiger partial charge in [-0.05, 0) is 30.0 Å². The second-order valence-corrected chi connectivity index (χ2v) is 6.58. The third kappa shape index (κ3) is 2.91. The lowest BCUT2D eigenvalue weighted by Crippen LogP contribution is -2.21. The molecule has 0 spiro atoms. The minimum atomic E-state index is -0.0415. The number of unbranched alkanes of at least 4 members (excludes halogenated alkanes) is 1. The lowest BCUT2D eigenvalue weighted by molar-refractivity contribution is 0.820. The molecule has 4 nitrogen and oxygen atoms in total. The van der Waals surface area contributed by atoms with Gasteiger partial charge >= 0.3 is 0 Å². The highest BCUT2D eigenvalue weighted by Gasteiger charge is 2.13. The molecule has 6 heteroatoms. The Bertz CT molecular complexity index is 878. The lowest BCUT2D eigenvalue weighted by Gasteiger charge is -2.11. The van der Waals surface area contributed by atoms with Crippen molar-refractivity contribution in [3.63, 3.8) is 0 Å². The molecule has 0 amide bonds. The van der Waals surface area contributed by atoms with Gasteiger partial charge in [0.1, 0.15) is 4.83 Å². The Kier molecular flexibility index (Phi) is 4.56. The molecule has 2 heterocycles. The van der Waals surface area contributed by atoms with Gasteiger partial charge in [0, 0.05) is 12.2 Å². The molecule has 0 atom stereocenters. The van der Waals surface area contributed by atoms with Crippen molar-refractivity contribution < 1.29 is 0 Å². The summed E-state index contributed by atoms with van der Waals surface area (Å²) in [7, 11) is 0. The number of nitriles is 1. The quantitative estimate of drug-likeness (QED) is 0.406. The van der Waals surface area contributed by atoms with Crippen LogP contribution in [0.25, 0.3) is 15.9 Å². The maximum absolute atomic E-state index is 12.8. The number of benzene rings is 1. The van der Waals surface area contributed by atoms with Crippen LogP contribution in [-0.2, 0) is 0 Å². The molecule has 0 aliphatic heterocycles. The molecule has 22 heavy (non-hydrogen) atoms. The van der Waals surface area contributed by atoms with Crippen LogP contribution in [0, 0.1) is 11.3 Å². The summed E-state index contributed by atoms with van der Waals surface area (Å²) in [6.07, 6.45) is 1.30. The van der Waals surface area contributed by atoms with Crippen molar-refractivity contribution in [3.8, 4) is 11.8 Å². The summed E-state index contributed by atoms with van der Waals surface area (Å²) >= 11 is 2.99. The Balaban J connectivity index is 2.08. The Morgan fingerprint density at radius 2 is 2.09 bits per heavy atom. The van der Waals surface area contributed by atoms with Gasteiger partial charge in [-0.25, -0.2) is 4.98 Å². The van der Waals surface area contributed by atoms with Crippen LogP contribution < -0.4 is 5.56 Å². The van der Waals surface area contributed by atoms with E-state index in [2.05, 4.69) is 11.1 Å². The highest BCUT2D eigenvalue weighted by molar-refractivity contribution is 7.99. The van der Waals surface area contributed by atoms with Crippen molar-refractivity contribution in [2.45, 2.75) is 18.0 Å². The molecule has 1 aromatic carbocycles. The summed E-state index contributed by atoms with van der Waals surface area (Å²) in [6, 6.07) is 13.5. The first-order valence-corrected chi connectivity index (χ1v) is 8.73. The second-order valence-electron chi connectivity index (χ2n) is 4.62. The molecular weight excluding hydrogens is 314 g/mol. The largest absolute Gasteiger partial charge is 0.268 e. The van der Waals surface area contributed by atoms with E-state index in [0.717, 1.165) is 22.7 Å². The van der Waals surface area contributed by atoms with Crippen LogP contribution in [0.1, 0.15) is 12.8 Å². The number of rotatable bonds is 5. The molecule has 0 saturated carbocycles. The first kappa shape index (κ1) is 14.8. The number of para-hydroxylation sites is 1. The average Bonchev–Trinajstić information content (AvgIpc) is 3.01. The molecule has 0 unspecified atom stereocenters. The number of hydrogen-bond acceptors (Lipinski definition) is 5. The molecule has 2 aromatic heterocycles. The highest BCUT2D eigenvalue weighted by Crippen LogP contribution is 2.24. The summed E-state index contributed by atoms with van der Waals surface area (Å²) in [6.45, 7) is 0. The van der Waals surface area contributed by atoms with Gasteiger partial charge in [0.2, 0.25) is 0 Å². The van der Waals surface area contributed by atoms with E-state index in [-0.39, 0.29) is 5.56 Å². The van der Waals surface area contributed by atoms with Crippen LogP contribution in [0.15, 0.2) is 51.7 Å². The number of hydrogen-bond donors (Lipinski definition) is 0. The van der Waals surface area contributed by atoms with Crippen LogP contribution >= 0.6 is 23.1 Å². The summed E-state index contributed by atoms with van der Waals surface area (Å²) < 4.78 is 1.66. The first-order chi connectivity index (χ1) is 10.8. The van der Waals surface area contributed by atoms with Crippen molar-refractivity contribution in [1.29, 1.82) is 5.26 Å². The van der Waals surface area contributed by atoms with Crippen molar-refractivity contribution >= 4 is 33.3 Å². The van der Waals surface area contributed by atoms with Gasteiger partial charge in [-0.3, -0.25) is 9.36 Å². The van der Waals surface area contributed by atoms with Crippen molar-refractivity contribution in [2.24, 2.45) is 0 Å². The van der Waals surface area contributed by atoms with E-state index >= 15 is 0 Å². The Labute approximate surface area is 136 Å². The van der Waals surface area contributed by atoms with Crippen LogP contribution in [0.5, 0.6) is 0 Å². The summed E-state index contributed by atoms with van der Waals surface area (Å²) in [5, 5.41) is 11.8. The van der Waals surface area contributed by atoms with Gasteiger partial charge < -0.3 is 0 Å². The molecule has 0 fully saturated rings. The third-order valence-electron chi connectivity index (χ3n) is 3.15. The SMILES string of the molecule is N#CCCCSc1nc2sccc2c(=O)n1-c1ccccc1. The summed E-state index contributed by atoms with van der Waals surface area (Å²) in [4.78, 5) is 18.2. The van der Waals surface area contributed by atoms with Gasteiger partial charge in [0.15, 0.2) is 5.16 Å². The normalized spacial score (nSPS) is 10.7. The topological polar surface area (TPSA) is 58.7 Å². The van der Waals surface area contributed by atoms with Crippen molar-refractivity contribution in [3.05, 3.63) is 52.1 Å². The number of thioether (sulfide) groups is 1. The molecular formula is C16H13N3OS2. The number of thiophene rings is 1. The molecule has 0 N–H and O–H groups in total. The van der Waals surface area contributed by atoms with Crippen LogP contribution in [0.2, 0.25) is 0 Å². The second kappa shape index (κ2) is 6.77. The number of fused-ring (bicyclic) bond motifs is 1. The van der Waals surface area contributed by atoms with Gasteiger partial charge in [-0.15, -0.1) is 11.3 Å². The van der Waals surface area contributed by atoms with Crippen LogP contribution in [0.3, 0.4) is 0 Å². The number of nitrogens with zero attached hydrogens (tertiary/aromatic N) is 3. The predicted octanol–water partition coefficient (Wildman–Crippen LogP) is 3.84. The molecule has 0 saturated heterocycles. The van der Waals surface area contributed by atoms with Crippen molar-refractivity contribution in [2.75, 3.05) is 5.75 Å². The van der Waals surface area contributed by atoms with Gasteiger partial charge in [0.05, 0.1) is 17.1 Å². The highest BCUT2D eigenvalue weighted by atomic mass is 32.2. The van der Waals surface area contributed by atoms with Crippen LogP contribution in [-0.4, -0.2) is 15.3 Å². The monoisotopic (exact) mass is 327 g/mol. The fourth-order valence-corrected chi connectivity index (χ4v) is 3.87. The zero-order valence-electron chi connectivity index (χ0n) is 11.7. The third-order valence-corrected chi connectivity index (χ3v) is 4.98. The van der Waals surface area contributed by atoms with E-state index in [1.165, 1.54) is 23.1 Å². The van der Waals surface area contributed by atoms with Crippen molar-refractivity contribution in [1.82, 2.24) is 9.55 Å². The molecule has 0 radical (unpaired) electrons. The van der Waals surface area contributed by atoms with E-state index in [0.29, 0.717) is 17.0 Å². The molecule has 3 rings (SSSR count). The fraction of sp³-hybridized carbons (Fsp3) is 0.188. The molecule has 110 valence electrons. The standard InChI is InChI=1S/C16H13N3OS2/c17-9-4-5-10-22-16-18-14-13(8-11-21-14)15(20)19(16)12-6-2-1-3-7-12/h1-3,6-8,11H,4-5,10H2. The van der Waals surface area contributed by atoms with Crippen LogP contribution in [0.4, 0.5) is 0 Å². The van der Waals surface area contributed by atoms with E-state index in [4.69, 9.17) is 5.26 Å². The smallest absolute Gasteiger partial charge is 0.267 e. The zero-order chi connectivity index (χ0) is 15.4. The first-order valence-electron chi connectivity index (χ1n) is 6.86.